The third-order valence-corrected chi connectivity index (χ3v) is 4.68. The van der Waals surface area contributed by atoms with E-state index >= 15 is 0 Å². The second kappa shape index (κ2) is 4.78. The van der Waals surface area contributed by atoms with Crippen molar-refractivity contribution in [1.82, 2.24) is 0 Å². The second-order valence-electron chi connectivity index (χ2n) is 4.77. The topological polar surface area (TPSA) is 17.1 Å². The Morgan fingerprint density at radius 3 is 2.63 bits per heavy atom. The summed E-state index contributed by atoms with van der Waals surface area (Å²) in [6.45, 7) is 4.38. The number of fused-ring (bicyclic) bond motifs is 3. The van der Waals surface area contributed by atoms with Crippen molar-refractivity contribution < 1.29 is 0 Å². The van der Waals surface area contributed by atoms with Gasteiger partial charge in [0.2, 0.25) is 0 Å². The van der Waals surface area contributed by atoms with E-state index in [1.54, 1.807) is 23.5 Å². The van der Waals surface area contributed by atoms with Gasteiger partial charge >= 0.3 is 0 Å². The molecule has 0 amide bonds. The van der Waals surface area contributed by atoms with Crippen LogP contribution in [0.25, 0.3) is 21.2 Å². The molecule has 0 fully saturated rings. The molecule has 0 radical (unpaired) electrons. The van der Waals surface area contributed by atoms with Gasteiger partial charge in [0.25, 0.3) is 0 Å². The molecule has 0 spiro atoms. The molecule has 2 aliphatic rings. The monoisotopic (exact) mass is 268 g/mol. The summed E-state index contributed by atoms with van der Waals surface area (Å²) >= 11 is 1.76. The van der Waals surface area contributed by atoms with Crippen LogP contribution in [0.5, 0.6) is 0 Å². The third-order valence-electron chi connectivity index (χ3n) is 3.71. The maximum Gasteiger partial charge on any atom is 0.179 e. The van der Waals surface area contributed by atoms with Crippen molar-refractivity contribution in [2.45, 2.75) is 26.7 Å². The van der Waals surface area contributed by atoms with E-state index in [0.29, 0.717) is 0 Å². The number of hydrogen-bond donors (Lipinski definition) is 0. The van der Waals surface area contributed by atoms with Crippen molar-refractivity contribution in [3.05, 3.63) is 57.1 Å². The molecule has 0 bridgehead atoms. The van der Waals surface area contributed by atoms with Gasteiger partial charge in [-0.15, -0.1) is 11.3 Å². The van der Waals surface area contributed by atoms with Crippen molar-refractivity contribution in [3.63, 3.8) is 0 Å². The van der Waals surface area contributed by atoms with E-state index in [2.05, 4.69) is 31.4 Å². The minimum atomic E-state index is 0.0916. The van der Waals surface area contributed by atoms with Crippen molar-refractivity contribution in [3.8, 4) is 11.1 Å². The minimum absolute atomic E-state index is 0.0916. The van der Waals surface area contributed by atoms with Gasteiger partial charge in [0.1, 0.15) is 0 Å². The van der Waals surface area contributed by atoms with Crippen LogP contribution in [0, 0.1) is 0 Å². The largest absolute Gasteiger partial charge is 0.290 e. The molecule has 3 rings (SSSR count). The molecule has 1 heterocycles. The van der Waals surface area contributed by atoms with Crippen molar-refractivity contribution in [1.29, 1.82) is 0 Å². The van der Waals surface area contributed by atoms with Gasteiger partial charge in [-0.05, 0) is 64.7 Å². The van der Waals surface area contributed by atoms with Gasteiger partial charge in [-0.2, -0.15) is 0 Å². The number of hydrogen-bond acceptors (Lipinski definition) is 2. The van der Waals surface area contributed by atoms with Gasteiger partial charge in [0, 0.05) is 10.1 Å². The standard InChI is InChI=1S/C17H16OS/c1-3-11-6-8-16-17(14(11)4-2)15-9-13(18)7-5-12(15)10-19-16/h5-10H,3-4H2,1-2H3. The Bertz CT molecular complexity index is 770. The van der Waals surface area contributed by atoms with Gasteiger partial charge in [-0.3, -0.25) is 4.79 Å². The Labute approximate surface area is 116 Å². The smallest absolute Gasteiger partial charge is 0.179 e. The van der Waals surface area contributed by atoms with Gasteiger partial charge in [-0.25, -0.2) is 0 Å². The molecular formula is C17H16OS. The number of benzene rings is 2. The zero-order valence-electron chi connectivity index (χ0n) is 11.2. The fourth-order valence-electron chi connectivity index (χ4n) is 2.78. The van der Waals surface area contributed by atoms with Gasteiger partial charge in [0.05, 0.1) is 0 Å². The zero-order valence-corrected chi connectivity index (χ0v) is 12.0. The first-order valence-electron chi connectivity index (χ1n) is 6.70. The summed E-state index contributed by atoms with van der Waals surface area (Å²) in [4.78, 5) is 11.7. The van der Waals surface area contributed by atoms with Crippen LogP contribution in [0.4, 0.5) is 0 Å². The molecular weight excluding hydrogens is 252 g/mol. The predicted molar refractivity (Wildman–Crippen MR) is 83.5 cm³/mol. The molecule has 1 nitrogen and oxygen atoms in total. The Hall–Kier alpha value is -1.67. The summed E-state index contributed by atoms with van der Waals surface area (Å²) in [7, 11) is 0. The molecule has 0 saturated carbocycles. The van der Waals surface area contributed by atoms with Crippen molar-refractivity contribution in [2.75, 3.05) is 0 Å². The lowest BCUT2D eigenvalue weighted by molar-refractivity contribution is 1.05. The molecule has 1 aromatic carbocycles. The van der Waals surface area contributed by atoms with Crippen molar-refractivity contribution in [2.24, 2.45) is 0 Å². The van der Waals surface area contributed by atoms with E-state index in [1.807, 2.05) is 6.07 Å². The summed E-state index contributed by atoms with van der Waals surface area (Å²) in [5, 5.41) is 3.42. The van der Waals surface area contributed by atoms with E-state index in [0.717, 1.165) is 18.4 Å². The summed E-state index contributed by atoms with van der Waals surface area (Å²) in [5.74, 6) is 0. The van der Waals surface area contributed by atoms with Gasteiger partial charge in [0.15, 0.2) is 5.43 Å². The molecule has 0 unspecified atom stereocenters. The molecule has 1 aliphatic carbocycles. The van der Waals surface area contributed by atoms with Crippen LogP contribution in [0.15, 0.2) is 40.5 Å². The summed E-state index contributed by atoms with van der Waals surface area (Å²) < 4.78 is 1.27. The summed E-state index contributed by atoms with van der Waals surface area (Å²) in [6.07, 6.45) is 2.05. The van der Waals surface area contributed by atoms with E-state index in [-0.39, 0.29) is 5.43 Å². The highest BCUT2D eigenvalue weighted by Crippen LogP contribution is 2.36. The quantitative estimate of drug-likeness (QED) is 0.626. The van der Waals surface area contributed by atoms with E-state index in [1.165, 1.54) is 26.8 Å². The van der Waals surface area contributed by atoms with E-state index in [4.69, 9.17) is 0 Å². The lowest BCUT2D eigenvalue weighted by atomic mass is 9.93. The fourth-order valence-corrected chi connectivity index (χ4v) is 3.74. The molecule has 2 heteroatoms. The average Bonchev–Trinajstić information content (AvgIpc) is 2.45. The summed E-state index contributed by atoms with van der Waals surface area (Å²) in [6, 6.07) is 9.78. The van der Waals surface area contributed by atoms with Crippen molar-refractivity contribution >= 4 is 21.4 Å². The Morgan fingerprint density at radius 2 is 1.89 bits per heavy atom. The van der Waals surface area contributed by atoms with Crippen LogP contribution in [-0.4, -0.2) is 0 Å². The highest BCUT2D eigenvalue weighted by atomic mass is 32.1. The molecule has 1 aliphatic heterocycles. The van der Waals surface area contributed by atoms with Crippen LogP contribution in [0.3, 0.4) is 0 Å². The van der Waals surface area contributed by atoms with E-state index < -0.39 is 0 Å². The predicted octanol–water partition coefficient (Wildman–Crippen LogP) is 4.49. The first kappa shape index (κ1) is 12.4. The Balaban J connectivity index is 2.53. The molecule has 0 N–H and O–H groups in total. The Morgan fingerprint density at radius 1 is 1.05 bits per heavy atom. The lowest BCUT2D eigenvalue weighted by Gasteiger charge is -2.15. The first-order chi connectivity index (χ1) is 9.24. The fraction of sp³-hybridized carbons (Fsp3) is 0.235. The minimum Gasteiger partial charge on any atom is -0.290 e. The number of rotatable bonds is 2. The molecule has 0 saturated heterocycles. The molecule has 1 aromatic rings. The highest BCUT2D eigenvalue weighted by molar-refractivity contribution is 7.17. The Kier molecular flexibility index (Phi) is 3.11. The molecule has 0 atom stereocenters. The zero-order chi connectivity index (χ0) is 13.4. The molecule has 96 valence electrons. The van der Waals surface area contributed by atoms with Crippen LogP contribution < -0.4 is 5.43 Å². The first-order valence-corrected chi connectivity index (χ1v) is 7.58. The SMILES string of the molecule is CCc1ccc2scc3ccc(=O)cc-3c2c1CC. The van der Waals surface area contributed by atoms with Crippen LogP contribution in [-0.2, 0) is 12.8 Å². The highest BCUT2D eigenvalue weighted by Gasteiger charge is 2.13. The lowest BCUT2D eigenvalue weighted by Crippen LogP contribution is -2.00. The van der Waals surface area contributed by atoms with Gasteiger partial charge in [-0.1, -0.05) is 19.9 Å². The normalized spacial score (nSPS) is 11.3. The van der Waals surface area contributed by atoms with Crippen LogP contribution in [0.2, 0.25) is 0 Å². The van der Waals surface area contributed by atoms with E-state index in [9.17, 15) is 4.79 Å². The molecule has 19 heavy (non-hydrogen) atoms. The molecule has 0 aromatic heterocycles. The maximum atomic E-state index is 11.7. The van der Waals surface area contributed by atoms with Crippen LogP contribution >= 0.6 is 11.3 Å². The second-order valence-corrected chi connectivity index (χ2v) is 5.68. The average molecular weight is 268 g/mol. The third kappa shape index (κ3) is 1.96. The summed E-state index contributed by atoms with van der Waals surface area (Å²) in [5.41, 5.74) is 5.15. The number of aryl methyl sites for hydroxylation is 2. The van der Waals surface area contributed by atoms with Crippen LogP contribution in [0.1, 0.15) is 25.0 Å². The van der Waals surface area contributed by atoms with Gasteiger partial charge < -0.3 is 0 Å². The maximum absolute atomic E-state index is 11.7.